The minimum absolute atomic E-state index is 0.00674. The number of nitrogens with zero attached hydrogens (tertiary/aromatic N) is 1. The summed E-state index contributed by atoms with van der Waals surface area (Å²) in [7, 11) is 0. The van der Waals surface area contributed by atoms with Crippen LogP contribution in [0.25, 0.3) is 0 Å². The van der Waals surface area contributed by atoms with Crippen LogP contribution < -0.4 is 5.32 Å². The molecule has 2 N–H and O–H groups in total. The van der Waals surface area contributed by atoms with Crippen molar-refractivity contribution >= 4 is 46.4 Å². The molecule has 39 heavy (non-hydrogen) atoms. The molecule has 6 nitrogen and oxygen atoms in total. The van der Waals surface area contributed by atoms with Crippen molar-refractivity contribution in [3.8, 4) is 0 Å². The number of likely N-dealkylation sites (tertiary alicyclic amines) is 1. The molecule has 0 spiro atoms. The molecule has 2 bridgehead atoms. The lowest BCUT2D eigenvalue weighted by Gasteiger charge is -2.41. The lowest BCUT2D eigenvalue weighted by atomic mass is 9.65. The summed E-state index contributed by atoms with van der Waals surface area (Å²) in [6, 6.07) is 15.7. The molecule has 1 amide bonds. The Labute approximate surface area is 245 Å². The van der Waals surface area contributed by atoms with Gasteiger partial charge in [0, 0.05) is 36.8 Å². The zero-order chi connectivity index (χ0) is 28.0. The van der Waals surface area contributed by atoms with E-state index in [1.807, 2.05) is 36.4 Å². The summed E-state index contributed by atoms with van der Waals surface area (Å²) in [4.78, 5) is 14.7. The van der Waals surface area contributed by atoms with E-state index in [1.54, 1.807) is 12.1 Å². The molecule has 2 saturated heterocycles. The Balaban J connectivity index is 1.34. The molecule has 1 saturated carbocycles. The van der Waals surface area contributed by atoms with E-state index in [0.717, 1.165) is 36.2 Å². The van der Waals surface area contributed by atoms with Gasteiger partial charge in [-0.25, -0.2) is 0 Å². The predicted octanol–water partition coefficient (Wildman–Crippen LogP) is 6.93. The third-order valence-corrected chi connectivity index (χ3v) is 8.79. The average Bonchev–Trinajstić information content (AvgIpc) is 3.11. The number of benzene rings is 2. The van der Waals surface area contributed by atoms with Crippen molar-refractivity contribution in [1.82, 2.24) is 4.90 Å². The molecule has 1 aliphatic carbocycles. The molecule has 212 valence electrons. The Morgan fingerprint density at radius 3 is 2.33 bits per heavy atom. The maximum absolute atomic E-state index is 12.0. The number of amides is 1. The van der Waals surface area contributed by atoms with E-state index in [1.165, 1.54) is 19.3 Å². The fraction of sp³-hybridized carbons (Fsp3) is 0.567. The number of hydrogen-bond donors (Lipinski definition) is 2. The Morgan fingerprint density at radius 2 is 1.69 bits per heavy atom. The van der Waals surface area contributed by atoms with Crippen LogP contribution in [0.2, 0.25) is 0 Å². The molecule has 0 radical (unpaired) electrons. The maximum Gasteiger partial charge on any atom is 0.276 e. The first-order valence-electron chi connectivity index (χ1n) is 13.6. The minimum Gasteiger partial charge on any atom is -0.392 e. The van der Waals surface area contributed by atoms with Crippen LogP contribution in [0.15, 0.2) is 48.5 Å². The number of hydrogen-bond acceptors (Lipinski definition) is 5. The van der Waals surface area contributed by atoms with E-state index in [9.17, 15) is 9.90 Å². The molecule has 2 heterocycles. The van der Waals surface area contributed by atoms with Crippen LogP contribution in [0, 0.1) is 10.8 Å². The standard InChI is InChI=1S/C30H37Cl3N2O4/c1-28(2)13-23-14-29(3,17-28)18-35(23)15-24-12-25(20-6-4-19(16-36)5-7-20)39-26(38-24)21-8-10-22(11-9-21)34-27(37)30(31,32)33/h4-11,23-26,36H,12-18H2,1-3H3,(H,34,37). The monoisotopic (exact) mass is 594 g/mol. The topological polar surface area (TPSA) is 71.0 Å². The largest absolute Gasteiger partial charge is 0.392 e. The molecule has 5 unspecified atom stereocenters. The molecule has 0 aromatic heterocycles. The zero-order valence-electron chi connectivity index (χ0n) is 22.6. The van der Waals surface area contributed by atoms with Gasteiger partial charge in [0.15, 0.2) is 6.29 Å². The summed E-state index contributed by atoms with van der Waals surface area (Å²) in [6.07, 6.45) is 3.72. The van der Waals surface area contributed by atoms with Crippen molar-refractivity contribution in [2.24, 2.45) is 10.8 Å². The smallest absolute Gasteiger partial charge is 0.276 e. The van der Waals surface area contributed by atoms with Crippen LogP contribution in [0.4, 0.5) is 5.69 Å². The number of nitrogens with one attached hydrogen (secondary N) is 1. The van der Waals surface area contributed by atoms with Crippen molar-refractivity contribution in [3.63, 3.8) is 0 Å². The van der Waals surface area contributed by atoms with Gasteiger partial charge < -0.3 is 19.9 Å². The molecule has 9 heteroatoms. The molecule has 5 rings (SSSR count). The molecule has 2 aromatic rings. The van der Waals surface area contributed by atoms with E-state index in [0.29, 0.717) is 22.6 Å². The first-order chi connectivity index (χ1) is 18.3. The Morgan fingerprint density at radius 1 is 1.03 bits per heavy atom. The Bertz CT molecular complexity index is 1170. The number of aliphatic hydroxyl groups excluding tert-OH is 1. The summed E-state index contributed by atoms with van der Waals surface area (Å²) in [5.41, 5.74) is 3.99. The number of carbonyl (C=O) groups excluding carboxylic acids is 1. The normalized spacial score (nSPS) is 30.7. The van der Waals surface area contributed by atoms with Gasteiger partial charge in [0.1, 0.15) is 0 Å². The Hall–Kier alpha value is -1.38. The highest BCUT2D eigenvalue weighted by Crippen LogP contribution is 2.53. The van der Waals surface area contributed by atoms with Crippen molar-refractivity contribution < 1.29 is 19.4 Å². The van der Waals surface area contributed by atoms with Gasteiger partial charge in [0.25, 0.3) is 9.70 Å². The number of fused-ring (bicyclic) bond motifs is 2. The predicted molar refractivity (Wildman–Crippen MR) is 155 cm³/mol. The Kier molecular flexibility index (Phi) is 8.31. The van der Waals surface area contributed by atoms with Crippen LogP contribution in [0.3, 0.4) is 0 Å². The number of ether oxygens (including phenoxy) is 2. The SMILES string of the molecule is CC1(C)CC2CC(C)(CN2CC2CC(c3ccc(CO)cc3)OC(c3ccc(NC(=O)C(Cl)(Cl)Cl)cc3)O2)C1. The molecular weight excluding hydrogens is 559 g/mol. The third kappa shape index (κ3) is 6.92. The lowest BCUT2D eigenvalue weighted by Crippen LogP contribution is -2.42. The summed E-state index contributed by atoms with van der Waals surface area (Å²) >= 11 is 17.1. The number of anilines is 1. The second-order valence-electron chi connectivity index (χ2n) is 12.6. The van der Waals surface area contributed by atoms with Crippen LogP contribution in [0.1, 0.15) is 75.5 Å². The van der Waals surface area contributed by atoms with Gasteiger partial charge in [-0.3, -0.25) is 9.69 Å². The van der Waals surface area contributed by atoms with Gasteiger partial charge in [-0.15, -0.1) is 0 Å². The van der Waals surface area contributed by atoms with Gasteiger partial charge in [0.05, 0.1) is 18.8 Å². The highest BCUT2D eigenvalue weighted by molar-refractivity contribution is 6.76. The van der Waals surface area contributed by atoms with Crippen LogP contribution >= 0.6 is 34.8 Å². The molecule has 2 aliphatic heterocycles. The average molecular weight is 596 g/mol. The van der Waals surface area contributed by atoms with Crippen molar-refractivity contribution in [2.45, 2.75) is 81.4 Å². The first kappa shape index (κ1) is 29.1. The minimum atomic E-state index is -2.04. The number of carbonyl (C=O) groups is 1. The third-order valence-electron chi connectivity index (χ3n) is 8.27. The van der Waals surface area contributed by atoms with E-state index in [4.69, 9.17) is 44.3 Å². The quantitative estimate of drug-likeness (QED) is 0.354. The second-order valence-corrected chi connectivity index (χ2v) is 14.8. The van der Waals surface area contributed by atoms with Gasteiger partial charge >= 0.3 is 0 Å². The highest BCUT2D eigenvalue weighted by Gasteiger charge is 2.50. The van der Waals surface area contributed by atoms with Crippen molar-refractivity contribution in [3.05, 3.63) is 65.2 Å². The first-order valence-corrected chi connectivity index (χ1v) is 14.7. The van der Waals surface area contributed by atoms with E-state index < -0.39 is 16.0 Å². The molecule has 5 atom stereocenters. The van der Waals surface area contributed by atoms with E-state index >= 15 is 0 Å². The van der Waals surface area contributed by atoms with E-state index in [2.05, 4.69) is 31.0 Å². The van der Waals surface area contributed by atoms with Gasteiger partial charge in [0.2, 0.25) is 0 Å². The molecular formula is C30H37Cl3N2O4. The maximum atomic E-state index is 12.0. The van der Waals surface area contributed by atoms with E-state index in [-0.39, 0.29) is 18.8 Å². The van der Waals surface area contributed by atoms with Crippen molar-refractivity contribution in [2.75, 3.05) is 18.4 Å². The van der Waals surface area contributed by atoms with Crippen LogP contribution in [-0.4, -0.2) is 44.9 Å². The van der Waals surface area contributed by atoms with Gasteiger partial charge in [-0.2, -0.15) is 0 Å². The summed E-state index contributed by atoms with van der Waals surface area (Å²) in [6.45, 7) is 9.19. The zero-order valence-corrected chi connectivity index (χ0v) is 24.9. The lowest BCUT2D eigenvalue weighted by molar-refractivity contribution is -0.253. The van der Waals surface area contributed by atoms with Crippen LogP contribution in [-0.2, 0) is 20.9 Å². The van der Waals surface area contributed by atoms with Gasteiger partial charge in [-0.05, 0) is 53.4 Å². The fourth-order valence-corrected chi connectivity index (χ4v) is 7.15. The number of halogens is 3. The van der Waals surface area contributed by atoms with Gasteiger partial charge in [-0.1, -0.05) is 92.0 Å². The fourth-order valence-electron chi connectivity index (χ4n) is 7.01. The summed E-state index contributed by atoms with van der Waals surface area (Å²) in [5, 5.41) is 12.1. The number of aliphatic hydroxyl groups is 1. The summed E-state index contributed by atoms with van der Waals surface area (Å²) in [5.74, 6) is -0.718. The highest BCUT2D eigenvalue weighted by atomic mass is 35.6. The summed E-state index contributed by atoms with van der Waals surface area (Å²) < 4.78 is 11.0. The number of rotatable bonds is 6. The molecule has 2 aromatic carbocycles. The molecule has 3 aliphatic rings. The second kappa shape index (κ2) is 11.1. The number of alkyl halides is 3. The van der Waals surface area contributed by atoms with Crippen molar-refractivity contribution in [1.29, 1.82) is 0 Å². The van der Waals surface area contributed by atoms with Crippen LogP contribution in [0.5, 0.6) is 0 Å². The molecule has 3 fully saturated rings.